The predicted octanol–water partition coefficient (Wildman–Crippen LogP) is 15.4. The molecule has 2 heteroatoms. The zero-order chi connectivity index (χ0) is 38.7. The van der Waals surface area contributed by atoms with E-state index in [1.807, 2.05) is 0 Å². The van der Waals surface area contributed by atoms with Crippen molar-refractivity contribution < 1.29 is 4.42 Å². The molecule has 10 aromatic carbocycles. The largest absolute Gasteiger partial charge is 0.455 e. The maximum Gasteiger partial charge on any atom is 0.145 e. The summed E-state index contributed by atoms with van der Waals surface area (Å²) in [5.41, 5.74) is 17.4. The molecule has 11 aromatic rings. The van der Waals surface area contributed by atoms with Crippen molar-refractivity contribution in [2.45, 2.75) is 5.41 Å². The van der Waals surface area contributed by atoms with Gasteiger partial charge in [-0.2, -0.15) is 0 Å². The molecule has 2 nitrogen and oxygen atoms in total. The maximum atomic E-state index is 6.93. The second kappa shape index (κ2) is 12.2. The summed E-state index contributed by atoms with van der Waals surface area (Å²) in [5, 5.41) is 6.83. The second-order valence-electron chi connectivity index (χ2n) is 15.9. The van der Waals surface area contributed by atoms with Gasteiger partial charge >= 0.3 is 0 Å². The molecule has 0 atom stereocenters. The molecular formula is C57H35NO. The van der Waals surface area contributed by atoms with Gasteiger partial charge in [0.15, 0.2) is 0 Å². The number of fused-ring (bicyclic) bond motifs is 16. The van der Waals surface area contributed by atoms with E-state index in [2.05, 4.69) is 217 Å². The minimum absolute atomic E-state index is 0.479. The van der Waals surface area contributed by atoms with Crippen LogP contribution in [0.5, 0.6) is 0 Å². The Bertz CT molecular complexity index is 3460. The minimum atomic E-state index is -0.479. The van der Waals surface area contributed by atoms with Crippen molar-refractivity contribution in [1.82, 2.24) is 0 Å². The first-order valence-electron chi connectivity index (χ1n) is 20.4. The third-order valence-corrected chi connectivity index (χ3v) is 13.0. The van der Waals surface area contributed by atoms with Gasteiger partial charge in [-0.1, -0.05) is 182 Å². The van der Waals surface area contributed by atoms with E-state index < -0.39 is 5.41 Å². The summed E-state index contributed by atoms with van der Waals surface area (Å²) in [5.74, 6) is 0. The van der Waals surface area contributed by atoms with E-state index in [9.17, 15) is 0 Å². The Kier molecular flexibility index (Phi) is 6.68. The number of anilines is 3. The second-order valence-corrected chi connectivity index (χ2v) is 15.9. The van der Waals surface area contributed by atoms with Crippen molar-refractivity contribution in [2.24, 2.45) is 0 Å². The van der Waals surface area contributed by atoms with Gasteiger partial charge in [-0.05, 0) is 96.6 Å². The van der Waals surface area contributed by atoms with E-state index >= 15 is 0 Å². The molecule has 59 heavy (non-hydrogen) atoms. The van der Waals surface area contributed by atoms with Gasteiger partial charge in [-0.3, -0.25) is 0 Å². The Balaban J connectivity index is 1.20. The van der Waals surface area contributed by atoms with Gasteiger partial charge in [-0.15, -0.1) is 0 Å². The highest BCUT2D eigenvalue weighted by atomic mass is 16.3. The SMILES string of the molecule is c1ccc(-c2c(N(c3ccc4c(c3)C3(c5ccccc5-c5ccccc53)c3ccccc3-4)c3ccc4ccccc4c3)c3c4ccccc4oc3c3ccccc23)cc1. The Morgan fingerprint density at radius 3 is 1.61 bits per heavy atom. The summed E-state index contributed by atoms with van der Waals surface area (Å²) in [4.78, 5) is 2.52. The fourth-order valence-electron chi connectivity index (χ4n) is 10.7. The lowest BCUT2D eigenvalue weighted by atomic mass is 9.70. The number of benzene rings is 10. The van der Waals surface area contributed by atoms with Gasteiger partial charge < -0.3 is 9.32 Å². The van der Waals surface area contributed by atoms with E-state index in [0.29, 0.717) is 0 Å². The van der Waals surface area contributed by atoms with Gasteiger partial charge in [0.1, 0.15) is 11.2 Å². The standard InChI is InChI=1S/C57H35NO/c1-2-17-37(18-3-1)53-45-23-6-7-24-46(45)56-54(47-25-11-15-29-52(47)59-56)55(53)58(39-31-30-36-16-4-5-19-38(36)34-39)40-32-33-44-43-22-10-14-28-50(43)57(51(44)35-40)48-26-12-8-20-41(48)42-21-9-13-27-49(42)57/h1-35H. The molecule has 0 saturated carbocycles. The van der Waals surface area contributed by atoms with Crippen LogP contribution in [-0.4, -0.2) is 0 Å². The molecule has 0 radical (unpaired) electrons. The molecule has 0 bridgehead atoms. The summed E-state index contributed by atoms with van der Waals surface area (Å²) in [6.45, 7) is 0. The minimum Gasteiger partial charge on any atom is -0.455 e. The van der Waals surface area contributed by atoms with Gasteiger partial charge in [0.2, 0.25) is 0 Å². The molecule has 0 saturated heterocycles. The summed E-state index contributed by atoms with van der Waals surface area (Å²) >= 11 is 0. The molecule has 274 valence electrons. The lowest BCUT2D eigenvalue weighted by molar-refractivity contribution is 0.672. The number of hydrogen-bond donors (Lipinski definition) is 0. The highest BCUT2D eigenvalue weighted by Gasteiger charge is 2.51. The van der Waals surface area contributed by atoms with Crippen molar-refractivity contribution in [2.75, 3.05) is 4.90 Å². The van der Waals surface area contributed by atoms with Gasteiger partial charge in [0.05, 0.1) is 16.5 Å². The highest BCUT2D eigenvalue weighted by molar-refractivity contribution is 6.27. The van der Waals surface area contributed by atoms with Crippen LogP contribution in [0.4, 0.5) is 17.1 Å². The van der Waals surface area contributed by atoms with E-state index in [1.54, 1.807) is 0 Å². The lowest BCUT2D eigenvalue weighted by Gasteiger charge is -2.33. The molecule has 13 rings (SSSR count). The molecule has 0 N–H and O–H groups in total. The molecule has 0 unspecified atom stereocenters. The fourth-order valence-corrected chi connectivity index (χ4v) is 10.7. The van der Waals surface area contributed by atoms with Gasteiger partial charge in [0, 0.05) is 27.7 Å². The van der Waals surface area contributed by atoms with E-state index in [4.69, 9.17) is 4.42 Å². The summed E-state index contributed by atoms with van der Waals surface area (Å²) in [7, 11) is 0. The van der Waals surface area contributed by atoms with Crippen molar-refractivity contribution in [3.8, 4) is 33.4 Å². The molecule has 1 aromatic heterocycles. The Labute approximate surface area is 341 Å². The Hall–Kier alpha value is -7.68. The molecule has 1 spiro atoms. The maximum absolute atomic E-state index is 6.93. The van der Waals surface area contributed by atoms with E-state index in [0.717, 1.165) is 55.3 Å². The van der Waals surface area contributed by atoms with Gasteiger partial charge in [0.25, 0.3) is 0 Å². The van der Waals surface area contributed by atoms with E-state index in [-0.39, 0.29) is 0 Å². The number of hydrogen-bond acceptors (Lipinski definition) is 2. The normalized spacial score (nSPS) is 13.2. The zero-order valence-corrected chi connectivity index (χ0v) is 32.1. The first-order chi connectivity index (χ1) is 29.3. The Morgan fingerprint density at radius 2 is 0.898 bits per heavy atom. The van der Waals surface area contributed by atoms with Crippen molar-refractivity contribution >= 4 is 60.5 Å². The van der Waals surface area contributed by atoms with Crippen LogP contribution in [0.1, 0.15) is 22.3 Å². The van der Waals surface area contributed by atoms with Gasteiger partial charge in [-0.25, -0.2) is 0 Å². The molecule has 2 aliphatic carbocycles. The van der Waals surface area contributed by atoms with Crippen molar-refractivity contribution in [1.29, 1.82) is 0 Å². The quantitative estimate of drug-likeness (QED) is 0.178. The number of para-hydroxylation sites is 1. The molecule has 0 fully saturated rings. The van der Waals surface area contributed by atoms with Crippen LogP contribution in [0.2, 0.25) is 0 Å². The van der Waals surface area contributed by atoms with Crippen LogP contribution in [0.3, 0.4) is 0 Å². The predicted molar refractivity (Wildman–Crippen MR) is 245 cm³/mol. The van der Waals surface area contributed by atoms with Crippen LogP contribution in [0.25, 0.3) is 76.9 Å². The average molecular weight is 750 g/mol. The zero-order valence-electron chi connectivity index (χ0n) is 32.1. The third-order valence-electron chi connectivity index (χ3n) is 13.0. The van der Waals surface area contributed by atoms with Crippen LogP contribution in [0.15, 0.2) is 217 Å². The third kappa shape index (κ3) is 4.35. The number of furan rings is 1. The summed E-state index contributed by atoms with van der Waals surface area (Å²) in [6, 6.07) is 78.1. The first-order valence-corrected chi connectivity index (χ1v) is 20.4. The number of nitrogens with zero attached hydrogens (tertiary/aromatic N) is 1. The fraction of sp³-hybridized carbons (Fsp3) is 0.0175. The van der Waals surface area contributed by atoms with Crippen LogP contribution >= 0.6 is 0 Å². The number of rotatable bonds is 4. The molecule has 2 aliphatic rings. The van der Waals surface area contributed by atoms with E-state index in [1.165, 1.54) is 60.8 Å². The monoisotopic (exact) mass is 749 g/mol. The highest BCUT2D eigenvalue weighted by Crippen LogP contribution is 2.63. The van der Waals surface area contributed by atoms with Crippen LogP contribution < -0.4 is 4.90 Å². The molecule has 0 amide bonds. The molecule has 0 aliphatic heterocycles. The van der Waals surface area contributed by atoms with Crippen LogP contribution in [0, 0.1) is 0 Å². The molecule has 1 heterocycles. The summed E-state index contributed by atoms with van der Waals surface area (Å²) < 4.78 is 6.93. The Morgan fingerprint density at radius 1 is 0.373 bits per heavy atom. The molecular weight excluding hydrogens is 715 g/mol. The lowest BCUT2D eigenvalue weighted by Crippen LogP contribution is -2.26. The van der Waals surface area contributed by atoms with Crippen molar-refractivity contribution in [3.05, 3.63) is 235 Å². The summed E-state index contributed by atoms with van der Waals surface area (Å²) in [6.07, 6.45) is 0. The van der Waals surface area contributed by atoms with Crippen LogP contribution in [-0.2, 0) is 5.41 Å². The van der Waals surface area contributed by atoms with Crippen molar-refractivity contribution in [3.63, 3.8) is 0 Å². The average Bonchev–Trinajstić information content (AvgIpc) is 3.94. The smallest absolute Gasteiger partial charge is 0.145 e. The topological polar surface area (TPSA) is 16.4 Å². The first kappa shape index (κ1) is 32.4.